The molecular weight excluding hydrogens is 409 g/mol. The van der Waals surface area contributed by atoms with Gasteiger partial charge in [0.15, 0.2) is 0 Å². The van der Waals surface area contributed by atoms with E-state index < -0.39 is 0 Å². The summed E-state index contributed by atoms with van der Waals surface area (Å²) in [5.41, 5.74) is 1.34. The maximum absolute atomic E-state index is 12.4. The largest absolute Gasteiger partial charge is 0.352 e. The van der Waals surface area contributed by atoms with Crippen LogP contribution in [0.25, 0.3) is 10.9 Å². The van der Waals surface area contributed by atoms with Crippen LogP contribution in [0.3, 0.4) is 0 Å². The first kappa shape index (κ1) is 25.6. The maximum atomic E-state index is 12.4. The van der Waals surface area contributed by atoms with E-state index >= 15 is 0 Å². The lowest BCUT2D eigenvalue weighted by Crippen LogP contribution is -2.36. The fraction of sp³-hybridized carbons (Fsp3) is 0.571. The van der Waals surface area contributed by atoms with Gasteiger partial charge in [0, 0.05) is 31.1 Å². The van der Waals surface area contributed by atoms with Crippen LogP contribution in [-0.4, -0.2) is 48.3 Å². The fourth-order valence-corrected chi connectivity index (χ4v) is 3.66. The van der Waals surface area contributed by atoms with E-state index in [4.69, 9.17) is 0 Å². The number of unbranched alkanes of at least 4 members (excludes halogenated alkanes) is 1. The van der Waals surface area contributed by atoms with Gasteiger partial charge in [-0.15, -0.1) is 24.8 Å². The summed E-state index contributed by atoms with van der Waals surface area (Å²) in [6, 6.07) is 8.32. The number of hydrogen-bond acceptors (Lipinski definition) is 5. The number of benzene rings is 1. The Labute approximate surface area is 185 Å². The van der Waals surface area contributed by atoms with E-state index in [1.54, 1.807) is 6.20 Å². The van der Waals surface area contributed by atoms with Gasteiger partial charge in [-0.1, -0.05) is 37.5 Å². The van der Waals surface area contributed by atoms with Crippen LogP contribution in [0.2, 0.25) is 0 Å². The molecule has 0 aliphatic heterocycles. The van der Waals surface area contributed by atoms with Gasteiger partial charge in [0.05, 0.1) is 17.3 Å². The second-order valence-electron chi connectivity index (χ2n) is 7.28. The van der Waals surface area contributed by atoms with Crippen LogP contribution in [0.1, 0.15) is 55.3 Å². The third-order valence-electron chi connectivity index (χ3n) is 5.20. The van der Waals surface area contributed by atoms with E-state index in [1.165, 1.54) is 32.1 Å². The Balaban J connectivity index is 0.00000210. The number of hydrogen-bond donors (Lipinski definition) is 3. The summed E-state index contributed by atoms with van der Waals surface area (Å²) in [6.07, 6.45) is 10.4. The highest BCUT2D eigenvalue weighted by Crippen LogP contribution is 2.17. The molecule has 1 heterocycles. The summed E-state index contributed by atoms with van der Waals surface area (Å²) < 4.78 is 0. The summed E-state index contributed by atoms with van der Waals surface area (Å²) in [7, 11) is 0. The molecule has 1 amide bonds. The van der Waals surface area contributed by atoms with E-state index in [1.807, 2.05) is 24.3 Å². The van der Waals surface area contributed by atoms with Gasteiger partial charge < -0.3 is 16.0 Å². The number of nitrogens with one attached hydrogen (secondary N) is 3. The van der Waals surface area contributed by atoms with Crippen molar-refractivity contribution < 1.29 is 4.79 Å². The highest BCUT2D eigenvalue weighted by Gasteiger charge is 2.12. The Kier molecular flexibility index (Phi) is 12.8. The summed E-state index contributed by atoms with van der Waals surface area (Å²) in [6.45, 7) is 3.72. The fourth-order valence-electron chi connectivity index (χ4n) is 3.66. The predicted octanol–water partition coefficient (Wildman–Crippen LogP) is 3.50. The van der Waals surface area contributed by atoms with Crippen molar-refractivity contribution in [3.63, 3.8) is 0 Å². The number of halogens is 2. The molecule has 3 N–H and O–H groups in total. The van der Waals surface area contributed by atoms with Gasteiger partial charge in [0.1, 0.15) is 0 Å². The molecule has 1 fully saturated rings. The van der Waals surface area contributed by atoms with Crippen LogP contribution in [0.4, 0.5) is 0 Å². The molecule has 0 radical (unpaired) electrons. The molecule has 1 aliphatic rings. The average molecular weight is 442 g/mol. The van der Waals surface area contributed by atoms with Gasteiger partial charge in [-0.2, -0.15) is 10.2 Å². The number of amides is 1. The smallest absolute Gasteiger partial charge is 0.253 e. The standard InChI is InChI=1S/C21H31N5O.2ClH/c27-21(19-16-25-26-20-11-5-4-10-18(19)20)24-13-7-6-12-22-14-15-23-17-8-2-1-3-9-17;;/h4-5,10-11,16-17,22-23H,1-3,6-9,12-15H2,(H,24,27);2*1H. The Morgan fingerprint density at radius 1 is 0.966 bits per heavy atom. The first-order valence-corrected chi connectivity index (χ1v) is 10.3. The van der Waals surface area contributed by atoms with Crippen LogP contribution in [0, 0.1) is 0 Å². The van der Waals surface area contributed by atoms with Gasteiger partial charge in [-0.3, -0.25) is 4.79 Å². The molecule has 0 saturated heterocycles. The maximum Gasteiger partial charge on any atom is 0.253 e. The molecule has 162 valence electrons. The first-order valence-electron chi connectivity index (χ1n) is 10.3. The van der Waals surface area contributed by atoms with E-state index in [0.717, 1.165) is 49.4 Å². The molecule has 0 unspecified atom stereocenters. The van der Waals surface area contributed by atoms with Crippen molar-refractivity contribution in [3.05, 3.63) is 36.0 Å². The SMILES string of the molecule is Cl.Cl.O=C(NCCCCNCCNC1CCCCC1)c1cnnc2ccccc12. The van der Waals surface area contributed by atoms with Crippen LogP contribution in [-0.2, 0) is 0 Å². The number of carbonyl (C=O) groups excluding carboxylic acids is 1. The molecule has 1 aliphatic carbocycles. The molecule has 6 nitrogen and oxygen atoms in total. The highest BCUT2D eigenvalue weighted by atomic mass is 35.5. The van der Waals surface area contributed by atoms with E-state index in [-0.39, 0.29) is 30.7 Å². The number of fused-ring (bicyclic) bond motifs is 1. The topological polar surface area (TPSA) is 78.9 Å². The molecule has 1 aromatic heterocycles. The Bertz CT molecular complexity index is 720. The molecule has 1 aromatic carbocycles. The molecule has 3 rings (SSSR count). The Morgan fingerprint density at radius 2 is 1.72 bits per heavy atom. The Hall–Kier alpha value is -1.47. The minimum absolute atomic E-state index is 0. The number of rotatable bonds is 10. The molecule has 2 aromatic rings. The van der Waals surface area contributed by atoms with Crippen LogP contribution in [0.15, 0.2) is 30.5 Å². The van der Waals surface area contributed by atoms with E-state index in [9.17, 15) is 4.79 Å². The minimum atomic E-state index is -0.0780. The second kappa shape index (κ2) is 14.5. The third-order valence-corrected chi connectivity index (χ3v) is 5.20. The summed E-state index contributed by atoms with van der Waals surface area (Å²) in [4.78, 5) is 12.4. The van der Waals surface area contributed by atoms with Crippen molar-refractivity contribution in [2.45, 2.75) is 51.0 Å². The summed E-state index contributed by atoms with van der Waals surface area (Å²) >= 11 is 0. The molecule has 29 heavy (non-hydrogen) atoms. The van der Waals surface area contributed by atoms with Crippen molar-refractivity contribution in [1.82, 2.24) is 26.1 Å². The summed E-state index contributed by atoms with van der Waals surface area (Å²) in [5.74, 6) is -0.0780. The lowest BCUT2D eigenvalue weighted by atomic mass is 9.95. The molecule has 1 saturated carbocycles. The zero-order valence-electron chi connectivity index (χ0n) is 16.9. The molecule has 0 atom stereocenters. The number of aromatic nitrogens is 2. The minimum Gasteiger partial charge on any atom is -0.352 e. The zero-order chi connectivity index (χ0) is 18.7. The predicted molar refractivity (Wildman–Crippen MR) is 123 cm³/mol. The molecule has 0 bridgehead atoms. The van der Waals surface area contributed by atoms with Crippen molar-refractivity contribution >= 4 is 41.6 Å². The second-order valence-corrected chi connectivity index (χ2v) is 7.28. The normalized spacial score (nSPS) is 14.1. The van der Waals surface area contributed by atoms with E-state index in [0.29, 0.717) is 12.1 Å². The van der Waals surface area contributed by atoms with Gasteiger partial charge in [-0.25, -0.2) is 0 Å². The number of nitrogens with zero attached hydrogens (tertiary/aromatic N) is 2. The van der Waals surface area contributed by atoms with Gasteiger partial charge >= 0.3 is 0 Å². The summed E-state index contributed by atoms with van der Waals surface area (Å²) in [5, 5.41) is 18.9. The quantitative estimate of drug-likeness (QED) is 0.491. The van der Waals surface area contributed by atoms with Gasteiger partial charge in [0.2, 0.25) is 0 Å². The van der Waals surface area contributed by atoms with Crippen molar-refractivity contribution in [1.29, 1.82) is 0 Å². The van der Waals surface area contributed by atoms with Crippen LogP contribution < -0.4 is 16.0 Å². The monoisotopic (exact) mass is 441 g/mol. The van der Waals surface area contributed by atoms with Gasteiger partial charge in [-0.05, 0) is 38.3 Å². The van der Waals surface area contributed by atoms with E-state index in [2.05, 4.69) is 26.1 Å². The lowest BCUT2D eigenvalue weighted by molar-refractivity contribution is 0.0954. The van der Waals surface area contributed by atoms with Crippen molar-refractivity contribution in [2.24, 2.45) is 0 Å². The zero-order valence-corrected chi connectivity index (χ0v) is 18.5. The average Bonchev–Trinajstić information content (AvgIpc) is 2.72. The van der Waals surface area contributed by atoms with Crippen molar-refractivity contribution in [2.75, 3.05) is 26.2 Å². The highest BCUT2D eigenvalue weighted by molar-refractivity contribution is 6.05. The van der Waals surface area contributed by atoms with Crippen LogP contribution >= 0.6 is 24.8 Å². The van der Waals surface area contributed by atoms with Crippen LogP contribution in [0.5, 0.6) is 0 Å². The third kappa shape index (κ3) is 8.42. The Morgan fingerprint density at radius 3 is 2.55 bits per heavy atom. The lowest BCUT2D eigenvalue weighted by Gasteiger charge is -2.22. The first-order chi connectivity index (χ1) is 13.3. The molecular formula is C21H33Cl2N5O. The number of carbonyl (C=O) groups is 1. The molecule has 8 heteroatoms. The van der Waals surface area contributed by atoms with Gasteiger partial charge in [0.25, 0.3) is 5.91 Å². The molecule has 0 spiro atoms. The van der Waals surface area contributed by atoms with Crippen molar-refractivity contribution in [3.8, 4) is 0 Å².